The van der Waals surface area contributed by atoms with Crippen LogP contribution in [0, 0.1) is 0 Å². The number of ether oxygens (including phenoxy) is 1. The third-order valence-electron chi connectivity index (χ3n) is 16.2. The van der Waals surface area contributed by atoms with Crippen molar-refractivity contribution in [1.82, 2.24) is 5.32 Å². The topological polar surface area (TPSA) is 95.9 Å². The minimum Gasteiger partial charge on any atom is -0.466 e. The Morgan fingerprint density at radius 3 is 0.934 bits per heavy atom. The summed E-state index contributed by atoms with van der Waals surface area (Å²) >= 11 is 0. The minimum absolute atomic E-state index is 0.00796. The van der Waals surface area contributed by atoms with Crippen molar-refractivity contribution in [2.24, 2.45) is 0 Å². The number of nitrogens with one attached hydrogen (secondary N) is 1. The monoisotopic (exact) mass is 1070 g/mol. The van der Waals surface area contributed by atoms with Gasteiger partial charge in [0.05, 0.1) is 25.4 Å². The zero-order chi connectivity index (χ0) is 55.0. The van der Waals surface area contributed by atoms with E-state index in [1.54, 1.807) is 6.08 Å². The normalized spacial score (nSPS) is 12.6. The van der Waals surface area contributed by atoms with Gasteiger partial charge in [0.25, 0.3) is 0 Å². The molecule has 2 atom stereocenters. The van der Waals surface area contributed by atoms with Crippen molar-refractivity contribution in [2.75, 3.05) is 13.2 Å². The first kappa shape index (κ1) is 74.3. The predicted molar refractivity (Wildman–Crippen MR) is 333 cm³/mol. The van der Waals surface area contributed by atoms with Crippen LogP contribution in [0.25, 0.3) is 0 Å². The molecule has 0 saturated carbocycles. The highest BCUT2D eigenvalue weighted by atomic mass is 16.5. The summed E-state index contributed by atoms with van der Waals surface area (Å²) in [5, 5.41) is 23.2. The Morgan fingerprint density at radius 2 is 0.618 bits per heavy atom. The lowest BCUT2D eigenvalue weighted by Crippen LogP contribution is -2.45. The standard InChI is InChI=1S/C70H135NO5/c1-3-5-7-9-11-13-15-17-19-21-23-24-27-30-34-38-42-46-50-54-58-62-68(73)67(66-72)71-69(74)63-59-55-51-47-43-39-35-31-28-25-26-29-33-37-41-45-49-53-57-61-65-76-70(75)64-60-56-52-48-44-40-36-32-22-20-18-16-14-12-10-8-6-4-2/h20,22,58,62,67-68,72-73H,3-19,21,23-57,59-61,63-66H2,1-2H3,(H,71,74)/b22-20-,62-58+. The number of unbranched alkanes of at least 4 members (excludes halogenated alkanes) is 52. The molecule has 1 amide bonds. The molecule has 0 saturated heterocycles. The van der Waals surface area contributed by atoms with E-state index in [1.807, 2.05) is 6.08 Å². The highest BCUT2D eigenvalue weighted by Crippen LogP contribution is 2.18. The van der Waals surface area contributed by atoms with Gasteiger partial charge in [-0.2, -0.15) is 0 Å². The van der Waals surface area contributed by atoms with E-state index in [9.17, 15) is 19.8 Å². The summed E-state index contributed by atoms with van der Waals surface area (Å²) in [6.45, 7) is 4.93. The second-order valence-electron chi connectivity index (χ2n) is 23.9. The van der Waals surface area contributed by atoms with E-state index in [0.29, 0.717) is 19.4 Å². The second-order valence-corrected chi connectivity index (χ2v) is 23.9. The van der Waals surface area contributed by atoms with E-state index < -0.39 is 12.1 Å². The molecule has 0 rings (SSSR count). The maximum Gasteiger partial charge on any atom is 0.305 e. The molecular formula is C70H135NO5. The van der Waals surface area contributed by atoms with E-state index in [4.69, 9.17) is 4.74 Å². The first-order chi connectivity index (χ1) is 37.5. The fraction of sp³-hybridized carbons (Fsp3) is 0.914. The number of carbonyl (C=O) groups excluding carboxylic acids is 2. The third-order valence-corrected chi connectivity index (χ3v) is 16.2. The molecule has 0 radical (unpaired) electrons. The lowest BCUT2D eigenvalue weighted by molar-refractivity contribution is -0.143. The summed E-state index contributed by atoms with van der Waals surface area (Å²) in [7, 11) is 0. The summed E-state index contributed by atoms with van der Waals surface area (Å²) in [5.41, 5.74) is 0. The molecule has 0 aromatic rings. The predicted octanol–water partition coefficient (Wildman–Crippen LogP) is 22.1. The summed E-state index contributed by atoms with van der Waals surface area (Å²) < 4.78 is 5.50. The van der Waals surface area contributed by atoms with Crippen molar-refractivity contribution in [3.63, 3.8) is 0 Å². The molecule has 0 heterocycles. The molecule has 0 spiro atoms. The fourth-order valence-electron chi connectivity index (χ4n) is 10.9. The quantitative estimate of drug-likeness (QED) is 0.0320. The van der Waals surface area contributed by atoms with E-state index >= 15 is 0 Å². The Hall–Kier alpha value is -1.66. The van der Waals surface area contributed by atoms with Crippen LogP contribution in [-0.2, 0) is 14.3 Å². The number of rotatable bonds is 65. The van der Waals surface area contributed by atoms with Gasteiger partial charge in [0, 0.05) is 12.8 Å². The molecule has 0 aliphatic heterocycles. The summed E-state index contributed by atoms with van der Waals surface area (Å²) in [6.07, 6.45) is 82.4. The van der Waals surface area contributed by atoms with Crippen molar-refractivity contribution in [3.8, 4) is 0 Å². The van der Waals surface area contributed by atoms with Gasteiger partial charge in [0.15, 0.2) is 0 Å². The molecule has 6 nitrogen and oxygen atoms in total. The van der Waals surface area contributed by atoms with Crippen molar-refractivity contribution < 1.29 is 24.5 Å². The first-order valence-corrected chi connectivity index (χ1v) is 34.6. The van der Waals surface area contributed by atoms with Gasteiger partial charge in [-0.3, -0.25) is 9.59 Å². The number of allylic oxidation sites excluding steroid dienone is 3. The van der Waals surface area contributed by atoms with Crippen LogP contribution >= 0.6 is 0 Å². The van der Waals surface area contributed by atoms with Gasteiger partial charge < -0.3 is 20.3 Å². The zero-order valence-corrected chi connectivity index (χ0v) is 51.5. The van der Waals surface area contributed by atoms with Crippen molar-refractivity contribution in [2.45, 2.75) is 398 Å². The molecule has 450 valence electrons. The highest BCUT2D eigenvalue weighted by molar-refractivity contribution is 5.76. The maximum atomic E-state index is 12.5. The summed E-state index contributed by atoms with van der Waals surface area (Å²) in [6, 6.07) is -0.630. The number of hydrogen-bond donors (Lipinski definition) is 3. The summed E-state index contributed by atoms with van der Waals surface area (Å²) in [5.74, 6) is -0.0580. The lowest BCUT2D eigenvalue weighted by atomic mass is 10.0. The molecular weight excluding hydrogens is 935 g/mol. The van der Waals surface area contributed by atoms with E-state index in [2.05, 4.69) is 31.3 Å². The number of hydrogen-bond acceptors (Lipinski definition) is 5. The number of aliphatic hydroxyl groups excluding tert-OH is 2. The molecule has 76 heavy (non-hydrogen) atoms. The average molecular weight is 1070 g/mol. The summed E-state index contributed by atoms with van der Waals surface area (Å²) in [4.78, 5) is 24.6. The van der Waals surface area contributed by atoms with Gasteiger partial charge in [-0.15, -0.1) is 0 Å². The SMILES string of the molecule is CCCCCCCCC/C=C\CCCCCCCCCC(=O)OCCCCCCCCCCCCCCCCCCCCCCC(=O)NC(CO)C(O)/C=C/CCCCCCCCCCCCCCCCCCCCC. The Labute approximate surface area is 475 Å². The van der Waals surface area contributed by atoms with Crippen LogP contribution in [0.3, 0.4) is 0 Å². The number of carbonyl (C=O) groups is 2. The van der Waals surface area contributed by atoms with Crippen molar-refractivity contribution in [3.05, 3.63) is 24.3 Å². The smallest absolute Gasteiger partial charge is 0.305 e. The molecule has 6 heteroatoms. The largest absolute Gasteiger partial charge is 0.466 e. The number of esters is 1. The minimum atomic E-state index is -0.847. The van der Waals surface area contributed by atoms with Crippen molar-refractivity contribution in [1.29, 1.82) is 0 Å². The van der Waals surface area contributed by atoms with E-state index in [1.165, 1.54) is 315 Å². The Morgan fingerprint density at radius 1 is 0.355 bits per heavy atom. The Balaban J connectivity index is 3.41. The molecule has 0 aliphatic carbocycles. The molecule has 0 bridgehead atoms. The zero-order valence-electron chi connectivity index (χ0n) is 51.5. The van der Waals surface area contributed by atoms with Gasteiger partial charge in [0.2, 0.25) is 5.91 Å². The maximum absolute atomic E-state index is 12.5. The van der Waals surface area contributed by atoms with Crippen LogP contribution in [0.4, 0.5) is 0 Å². The van der Waals surface area contributed by atoms with Crippen molar-refractivity contribution >= 4 is 11.9 Å². The third kappa shape index (κ3) is 61.6. The van der Waals surface area contributed by atoms with E-state index in [0.717, 1.165) is 44.9 Å². The second kappa shape index (κ2) is 65.9. The van der Waals surface area contributed by atoms with Gasteiger partial charge in [-0.25, -0.2) is 0 Å². The van der Waals surface area contributed by atoms with Crippen LogP contribution in [0.2, 0.25) is 0 Å². The lowest BCUT2D eigenvalue weighted by Gasteiger charge is -2.20. The molecule has 0 aliphatic rings. The first-order valence-electron chi connectivity index (χ1n) is 34.6. The van der Waals surface area contributed by atoms with Gasteiger partial charge in [0.1, 0.15) is 0 Å². The van der Waals surface area contributed by atoms with Gasteiger partial charge in [-0.1, -0.05) is 340 Å². The molecule has 2 unspecified atom stereocenters. The van der Waals surface area contributed by atoms with Crippen LogP contribution in [0.1, 0.15) is 386 Å². The molecule has 3 N–H and O–H groups in total. The Bertz CT molecular complexity index is 1190. The molecule has 0 aromatic carbocycles. The van der Waals surface area contributed by atoms with Crippen LogP contribution in [-0.4, -0.2) is 47.4 Å². The number of aliphatic hydroxyl groups is 2. The fourth-order valence-corrected chi connectivity index (χ4v) is 10.9. The molecule has 0 aromatic heterocycles. The van der Waals surface area contributed by atoms with Gasteiger partial charge >= 0.3 is 5.97 Å². The van der Waals surface area contributed by atoms with Crippen LogP contribution < -0.4 is 5.32 Å². The Kier molecular flexibility index (Phi) is 64.4. The number of amides is 1. The van der Waals surface area contributed by atoms with E-state index in [-0.39, 0.29) is 18.5 Å². The van der Waals surface area contributed by atoms with Crippen LogP contribution in [0.5, 0.6) is 0 Å². The molecule has 0 fully saturated rings. The van der Waals surface area contributed by atoms with Crippen LogP contribution in [0.15, 0.2) is 24.3 Å². The van der Waals surface area contributed by atoms with Gasteiger partial charge in [-0.05, 0) is 57.8 Å². The average Bonchev–Trinajstić information content (AvgIpc) is 3.42. The highest BCUT2D eigenvalue weighted by Gasteiger charge is 2.18.